The number of carbonyl (C=O) groups excluding carboxylic acids is 1. The highest BCUT2D eigenvalue weighted by Gasteiger charge is 2.40. The van der Waals surface area contributed by atoms with Gasteiger partial charge in [0.25, 0.3) is 10.0 Å². The molecule has 0 saturated heterocycles. The molecular formula is C23H19ClN2O3S. The minimum absolute atomic E-state index is 0.126. The van der Waals surface area contributed by atoms with E-state index in [0.29, 0.717) is 22.0 Å². The number of allylic oxidation sites excluding steroid dienone is 1. The van der Waals surface area contributed by atoms with Gasteiger partial charge in [-0.15, -0.1) is 0 Å². The first-order valence-electron chi connectivity index (χ1n) is 9.32. The molecule has 30 heavy (non-hydrogen) atoms. The highest BCUT2D eigenvalue weighted by atomic mass is 35.5. The van der Waals surface area contributed by atoms with Gasteiger partial charge in [-0.3, -0.25) is 9.10 Å². The molecule has 0 atom stereocenters. The van der Waals surface area contributed by atoms with Gasteiger partial charge in [0.05, 0.1) is 12.2 Å². The summed E-state index contributed by atoms with van der Waals surface area (Å²) in [6.07, 6.45) is 1.25. The van der Waals surface area contributed by atoms with Gasteiger partial charge in [-0.25, -0.2) is 8.42 Å². The average Bonchev–Trinajstić information content (AvgIpc) is 2.74. The molecule has 152 valence electrons. The lowest BCUT2D eigenvalue weighted by atomic mass is 10.1. The second-order valence-electron chi connectivity index (χ2n) is 6.91. The van der Waals surface area contributed by atoms with Gasteiger partial charge in [0.15, 0.2) is 4.91 Å². The smallest absolute Gasteiger partial charge is 0.270 e. The van der Waals surface area contributed by atoms with Gasteiger partial charge in [-0.05, 0) is 42.3 Å². The summed E-state index contributed by atoms with van der Waals surface area (Å²) in [7, 11) is -4.07. The van der Waals surface area contributed by atoms with Crippen LogP contribution in [0.3, 0.4) is 0 Å². The first kappa shape index (κ1) is 20.2. The van der Waals surface area contributed by atoms with E-state index in [-0.39, 0.29) is 11.4 Å². The number of carbonyl (C=O) groups is 1. The van der Waals surface area contributed by atoms with Crippen LogP contribution in [0.1, 0.15) is 21.5 Å². The van der Waals surface area contributed by atoms with E-state index in [0.717, 1.165) is 11.1 Å². The number of ketones is 1. The summed E-state index contributed by atoms with van der Waals surface area (Å²) in [5.74, 6) is -0.540. The van der Waals surface area contributed by atoms with Crippen LogP contribution >= 0.6 is 11.6 Å². The normalized spacial score (nSPS) is 16.4. The Balaban J connectivity index is 1.80. The number of fused-ring (bicyclic) bond motifs is 1. The Labute approximate surface area is 180 Å². The number of rotatable bonds is 4. The highest BCUT2D eigenvalue weighted by Crippen LogP contribution is 2.36. The van der Waals surface area contributed by atoms with E-state index in [9.17, 15) is 13.2 Å². The van der Waals surface area contributed by atoms with Gasteiger partial charge in [-0.1, -0.05) is 60.1 Å². The molecule has 1 heterocycles. The van der Waals surface area contributed by atoms with Crippen molar-refractivity contribution < 1.29 is 13.2 Å². The first-order valence-corrected chi connectivity index (χ1v) is 11.1. The van der Waals surface area contributed by atoms with Crippen LogP contribution in [-0.2, 0) is 16.6 Å². The fourth-order valence-corrected chi connectivity index (χ4v) is 5.05. The number of hydrogen-bond donors (Lipinski definition) is 1. The Kier molecular flexibility index (Phi) is 5.37. The SMILES string of the molecule is Cc1c(Cl)cccc1N/C=C1\C(=O)c2ccccc2N(Cc2ccccc2)S1(=O)=O. The first-order chi connectivity index (χ1) is 14.4. The van der Waals surface area contributed by atoms with Crippen LogP contribution < -0.4 is 9.62 Å². The molecule has 0 aromatic heterocycles. The van der Waals surface area contributed by atoms with Gasteiger partial charge >= 0.3 is 0 Å². The maximum atomic E-state index is 13.4. The molecule has 0 bridgehead atoms. The Morgan fingerprint density at radius 2 is 1.67 bits per heavy atom. The predicted molar refractivity (Wildman–Crippen MR) is 120 cm³/mol. The van der Waals surface area contributed by atoms with Crippen molar-refractivity contribution in [1.82, 2.24) is 0 Å². The minimum atomic E-state index is -4.07. The van der Waals surface area contributed by atoms with Crippen LogP contribution in [0.15, 0.2) is 83.9 Å². The average molecular weight is 439 g/mol. The maximum absolute atomic E-state index is 13.4. The van der Waals surface area contributed by atoms with Crippen LogP contribution in [0.25, 0.3) is 0 Å². The number of halogens is 1. The van der Waals surface area contributed by atoms with Crippen LogP contribution in [-0.4, -0.2) is 14.2 Å². The number of sulfonamides is 1. The molecule has 0 aliphatic carbocycles. The number of nitrogens with one attached hydrogen (secondary N) is 1. The monoisotopic (exact) mass is 438 g/mol. The third-order valence-electron chi connectivity index (χ3n) is 5.00. The summed E-state index contributed by atoms with van der Waals surface area (Å²) in [5.41, 5.74) is 2.94. The number of benzene rings is 3. The summed E-state index contributed by atoms with van der Waals surface area (Å²) < 4.78 is 28.1. The van der Waals surface area contributed by atoms with Gasteiger partial charge in [0.2, 0.25) is 5.78 Å². The maximum Gasteiger partial charge on any atom is 0.270 e. The van der Waals surface area contributed by atoms with Crippen molar-refractivity contribution in [3.8, 4) is 0 Å². The molecule has 0 amide bonds. The summed E-state index contributed by atoms with van der Waals surface area (Å²) in [5, 5.41) is 3.50. The molecule has 0 radical (unpaired) electrons. The number of anilines is 2. The van der Waals surface area contributed by atoms with Crippen molar-refractivity contribution >= 4 is 38.8 Å². The van der Waals surface area contributed by atoms with E-state index in [2.05, 4.69) is 5.32 Å². The number of hydrogen-bond acceptors (Lipinski definition) is 4. The van der Waals surface area contributed by atoms with Crippen molar-refractivity contribution in [1.29, 1.82) is 0 Å². The van der Waals surface area contributed by atoms with Crippen LogP contribution in [0, 0.1) is 6.92 Å². The second kappa shape index (κ2) is 7.97. The van der Waals surface area contributed by atoms with Crippen molar-refractivity contribution in [2.24, 2.45) is 0 Å². The fraction of sp³-hybridized carbons (Fsp3) is 0.0870. The molecular weight excluding hydrogens is 420 g/mol. The summed E-state index contributed by atoms with van der Waals surface area (Å²) in [6.45, 7) is 1.94. The molecule has 1 N–H and O–H groups in total. The lowest BCUT2D eigenvalue weighted by molar-refractivity contribution is 0.104. The van der Waals surface area contributed by atoms with Crippen molar-refractivity contribution in [2.45, 2.75) is 13.5 Å². The summed E-state index contributed by atoms with van der Waals surface area (Å²) in [6, 6.07) is 21.3. The van der Waals surface area contributed by atoms with Crippen LogP contribution in [0.5, 0.6) is 0 Å². The summed E-state index contributed by atoms with van der Waals surface area (Å²) in [4.78, 5) is 12.8. The standard InChI is InChI=1S/C23H19ClN2O3S/c1-16-19(24)11-7-12-20(16)25-14-22-23(27)18-10-5-6-13-21(18)26(30(22,28)29)15-17-8-3-2-4-9-17/h2-14,25H,15H2,1H3/b22-14+. The van der Waals surface area contributed by atoms with Crippen molar-refractivity contribution in [3.05, 3.63) is 106 Å². The lowest BCUT2D eigenvalue weighted by Crippen LogP contribution is -2.39. The summed E-state index contributed by atoms with van der Waals surface area (Å²) >= 11 is 6.15. The molecule has 3 aromatic carbocycles. The zero-order valence-corrected chi connectivity index (χ0v) is 17.7. The second-order valence-corrected chi connectivity index (χ2v) is 9.15. The van der Waals surface area contributed by atoms with E-state index < -0.39 is 15.8 Å². The van der Waals surface area contributed by atoms with E-state index in [1.807, 2.05) is 37.3 Å². The zero-order valence-electron chi connectivity index (χ0n) is 16.2. The number of Topliss-reactive ketones (excluding diaryl/α,β-unsaturated/α-hetero) is 1. The largest absolute Gasteiger partial charge is 0.360 e. The van der Waals surface area contributed by atoms with E-state index >= 15 is 0 Å². The zero-order chi connectivity index (χ0) is 21.3. The van der Waals surface area contributed by atoms with Gasteiger partial charge in [0, 0.05) is 22.5 Å². The third-order valence-corrected chi connectivity index (χ3v) is 7.18. The Morgan fingerprint density at radius 3 is 2.43 bits per heavy atom. The number of nitrogens with zero attached hydrogens (tertiary/aromatic N) is 1. The van der Waals surface area contributed by atoms with E-state index in [4.69, 9.17) is 11.6 Å². The fourth-order valence-electron chi connectivity index (χ4n) is 3.35. The van der Waals surface area contributed by atoms with Gasteiger partial charge in [0.1, 0.15) is 0 Å². The molecule has 3 aromatic rings. The Bertz CT molecular complexity index is 1250. The Morgan fingerprint density at radius 1 is 0.967 bits per heavy atom. The molecule has 1 aliphatic rings. The van der Waals surface area contributed by atoms with Gasteiger partial charge < -0.3 is 5.32 Å². The molecule has 0 spiro atoms. The molecule has 7 heteroatoms. The topological polar surface area (TPSA) is 66.5 Å². The van der Waals surface area contributed by atoms with Gasteiger partial charge in [-0.2, -0.15) is 0 Å². The van der Waals surface area contributed by atoms with Crippen LogP contribution in [0.2, 0.25) is 5.02 Å². The van der Waals surface area contributed by atoms with Crippen LogP contribution in [0.4, 0.5) is 11.4 Å². The van der Waals surface area contributed by atoms with Crippen molar-refractivity contribution in [2.75, 3.05) is 9.62 Å². The quantitative estimate of drug-likeness (QED) is 0.573. The molecule has 0 fully saturated rings. The van der Waals surface area contributed by atoms with E-state index in [1.165, 1.54) is 10.5 Å². The predicted octanol–water partition coefficient (Wildman–Crippen LogP) is 5.13. The van der Waals surface area contributed by atoms with E-state index in [1.54, 1.807) is 42.5 Å². The third kappa shape index (κ3) is 3.60. The lowest BCUT2D eigenvalue weighted by Gasteiger charge is -2.31. The molecule has 1 aliphatic heterocycles. The minimum Gasteiger partial charge on any atom is -0.360 e. The highest BCUT2D eigenvalue weighted by molar-refractivity contribution is 7.97. The molecule has 0 unspecified atom stereocenters. The molecule has 5 nitrogen and oxygen atoms in total. The molecule has 0 saturated carbocycles. The molecule has 4 rings (SSSR count). The number of para-hydroxylation sites is 1. The van der Waals surface area contributed by atoms with Crippen molar-refractivity contribution in [3.63, 3.8) is 0 Å². The Hall–Kier alpha value is -3.09.